The number of aromatic nitrogens is 5. The van der Waals surface area contributed by atoms with Gasteiger partial charge in [-0.1, -0.05) is 6.07 Å². The molecule has 1 aliphatic carbocycles. The van der Waals surface area contributed by atoms with Gasteiger partial charge >= 0.3 is 0 Å². The van der Waals surface area contributed by atoms with Crippen LogP contribution >= 0.6 is 0 Å². The van der Waals surface area contributed by atoms with Crippen molar-refractivity contribution in [2.24, 2.45) is 5.73 Å². The van der Waals surface area contributed by atoms with Gasteiger partial charge in [0.15, 0.2) is 5.82 Å². The Morgan fingerprint density at radius 3 is 2.70 bits per heavy atom. The van der Waals surface area contributed by atoms with Crippen LogP contribution in [0.2, 0.25) is 0 Å². The van der Waals surface area contributed by atoms with E-state index >= 15 is 0 Å². The van der Waals surface area contributed by atoms with Crippen LogP contribution in [-0.2, 0) is 0 Å². The molecular weight excluding hydrogens is 292 g/mol. The third-order valence-corrected chi connectivity index (χ3v) is 3.93. The van der Waals surface area contributed by atoms with Gasteiger partial charge in [0.25, 0.3) is 5.91 Å². The van der Waals surface area contributed by atoms with Crippen molar-refractivity contribution in [1.82, 2.24) is 25.1 Å². The summed E-state index contributed by atoms with van der Waals surface area (Å²) in [6.45, 7) is 0. The van der Waals surface area contributed by atoms with Crippen molar-refractivity contribution in [3.05, 3.63) is 48.2 Å². The molecule has 7 nitrogen and oxygen atoms in total. The number of hydrogen-bond donors (Lipinski definition) is 2. The van der Waals surface area contributed by atoms with Crippen molar-refractivity contribution in [2.75, 3.05) is 0 Å². The quantitative estimate of drug-likeness (QED) is 0.765. The van der Waals surface area contributed by atoms with Crippen LogP contribution in [0.5, 0.6) is 0 Å². The van der Waals surface area contributed by atoms with Crippen molar-refractivity contribution < 1.29 is 4.79 Å². The Morgan fingerprint density at radius 1 is 1.22 bits per heavy atom. The standard InChI is InChI=1S/C16H14N6O/c17-15(23)14-13(11-3-1-2-6-18-11)12(16-20-8-21-22-16)10(7-19-14)9-4-5-9/h1-3,6-9H,4-5H2,(H2,17,23)(H,20,21,22). The summed E-state index contributed by atoms with van der Waals surface area (Å²) >= 11 is 0. The summed E-state index contributed by atoms with van der Waals surface area (Å²) in [5.74, 6) is 0.429. The van der Waals surface area contributed by atoms with Gasteiger partial charge in [-0.05, 0) is 36.5 Å². The minimum atomic E-state index is -0.589. The molecule has 1 saturated carbocycles. The van der Waals surface area contributed by atoms with Crippen molar-refractivity contribution in [2.45, 2.75) is 18.8 Å². The first kappa shape index (κ1) is 13.6. The maximum absolute atomic E-state index is 11.9. The third kappa shape index (κ3) is 2.36. The molecule has 0 spiro atoms. The lowest BCUT2D eigenvalue weighted by Crippen LogP contribution is -2.16. The molecule has 0 saturated heterocycles. The lowest BCUT2D eigenvalue weighted by atomic mass is 9.94. The van der Waals surface area contributed by atoms with Crippen LogP contribution in [0, 0.1) is 0 Å². The van der Waals surface area contributed by atoms with E-state index in [4.69, 9.17) is 5.73 Å². The van der Waals surface area contributed by atoms with E-state index in [1.54, 1.807) is 12.4 Å². The minimum Gasteiger partial charge on any atom is -0.364 e. The number of rotatable bonds is 4. The van der Waals surface area contributed by atoms with Gasteiger partial charge in [-0.15, -0.1) is 10.2 Å². The average Bonchev–Trinajstić information content (AvgIpc) is 3.28. The second-order valence-electron chi connectivity index (χ2n) is 5.50. The number of H-pyrrole nitrogens is 1. The Hall–Kier alpha value is -3.09. The highest BCUT2D eigenvalue weighted by atomic mass is 16.1. The number of amides is 1. The second-order valence-corrected chi connectivity index (χ2v) is 5.50. The van der Waals surface area contributed by atoms with Crippen LogP contribution in [0.3, 0.4) is 0 Å². The number of nitrogens with two attached hydrogens (primary N) is 1. The molecule has 1 amide bonds. The average molecular weight is 306 g/mol. The van der Waals surface area contributed by atoms with Crippen molar-refractivity contribution in [1.29, 1.82) is 0 Å². The summed E-state index contributed by atoms with van der Waals surface area (Å²) in [5, 5.41) is 8.00. The van der Waals surface area contributed by atoms with E-state index in [0.29, 0.717) is 23.0 Å². The summed E-state index contributed by atoms with van der Waals surface area (Å²) in [6, 6.07) is 5.51. The van der Waals surface area contributed by atoms with Crippen LogP contribution in [-0.4, -0.2) is 31.1 Å². The molecule has 0 atom stereocenters. The van der Waals surface area contributed by atoms with E-state index in [0.717, 1.165) is 24.0 Å². The normalized spacial score (nSPS) is 13.9. The Labute approximate surface area is 132 Å². The Balaban J connectivity index is 2.07. The summed E-state index contributed by atoms with van der Waals surface area (Å²) in [7, 11) is 0. The molecule has 0 unspecified atom stereocenters. The maximum atomic E-state index is 11.9. The molecule has 7 heteroatoms. The first-order valence-electron chi connectivity index (χ1n) is 7.36. The number of nitrogens with zero attached hydrogens (tertiary/aromatic N) is 4. The van der Waals surface area contributed by atoms with E-state index in [-0.39, 0.29) is 5.69 Å². The largest absolute Gasteiger partial charge is 0.364 e. The van der Waals surface area contributed by atoms with Crippen LogP contribution in [0.1, 0.15) is 34.8 Å². The lowest BCUT2D eigenvalue weighted by molar-refractivity contribution is 0.0996. The summed E-state index contributed by atoms with van der Waals surface area (Å²) in [4.78, 5) is 23.6. The summed E-state index contributed by atoms with van der Waals surface area (Å²) in [5.41, 5.74) is 8.85. The van der Waals surface area contributed by atoms with Gasteiger partial charge in [-0.3, -0.25) is 14.8 Å². The monoisotopic (exact) mass is 306 g/mol. The van der Waals surface area contributed by atoms with E-state index in [1.165, 1.54) is 6.33 Å². The smallest absolute Gasteiger partial charge is 0.268 e. The van der Waals surface area contributed by atoms with Crippen LogP contribution in [0.15, 0.2) is 36.9 Å². The van der Waals surface area contributed by atoms with Gasteiger partial charge in [0.2, 0.25) is 0 Å². The number of carbonyl (C=O) groups is 1. The highest BCUT2D eigenvalue weighted by molar-refractivity contribution is 6.01. The molecule has 0 bridgehead atoms. The van der Waals surface area contributed by atoms with Gasteiger partial charge in [0, 0.05) is 23.5 Å². The lowest BCUT2D eigenvalue weighted by Gasteiger charge is -2.14. The fourth-order valence-electron chi connectivity index (χ4n) is 2.76. The highest BCUT2D eigenvalue weighted by Crippen LogP contribution is 2.46. The number of hydrogen-bond acceptors (Lipinski definition) is 5. The number of primary amides is 1. The van der Waals surface area contributed by atoms with Crippen molar-refractivity contribution in [3.63, 3.8) is 0 Å². The number of nitrogens with one attached hydrogen (secondary N) is 1. The third-order valence-electron chi connectivity index (χ3n) is 3.93. The molecule has 0 radical (unpaired) electrons. The first-order valence-corrected chi connectivity index (χ1v) is 7.36. The molecular formula is C16H14N6O. The zero-order valence-corrected chi connectivity index (χ0v) is 12.2. The SMILES string of the molecule is NC(=O)c1ncc(C2CC2)c(-c2nnc[nH]2)c1-c1ccccn1. The molecule has 0 aliphatic heterocycles. The van der Waals surface area contributed by atoms with Gasteiger partial charge in [0.1, 0.15) is 12.0 Å². The Bertz CT molecular complexity index is 856. The molecule has 3 N–H and O–H groups in total. The molecule has 3 heterocycles. The second kappa shape index (κ2) is 5.28. The molecule has 0 aromatic carbocycles. The molecule has 23 heavy (non-hydrogen) atoms. The molecule has 3 aromatic rings. The minimum absolute atomic E-state index is 0.194. The number of carbonyl (C=O) groups excluding carboxylic acids is 1. The van der Waals surface area contributed by atoms with Gasteiger partial charge in [0.05, 0.1) is 5.69 Å². The van der Waals surface area contributed by atoms with Gasteiger partial charge < -0.3 is 10.7 Å². The van der Waals surface area contributed by atoms with Crippen LogP contribution in [0.4, 0.5) is 0 Å². The van der Waals surface area contributed by atoms with Crippen LogP contribution in [0.25, 0.3) is 22.6 Å². The topological polar surface area (TPSA) is 110 Å². The fraction of sp³-hybridized carbons (Fsp3) is 0.188. The fourth-order valence-corrected chi connectivity index (χ4v) is 2.76. The predicted octanol–water partition coefficient (Wildman–Crippen LogP) is 1.90. The molecule has 1 aliphatic rings. The predicted molar refractivity (Wildman–Crippen MR) is 83.3 cm³/mol. The van der Waals surface area contributed by atoms with E-state index in [9.17, 15) is 4.79 Å². The molecule has 114 valence electrons. The summed E-state index contributed by atoms with van der Waals surface area (Å²) < 4.78 is 0. The van der Waals surface area contributed by atoms with Crippen molar-refractivity contribution in [3.8, 4) is 22.6 Å². The van der Waals surface area contributed by atoms with E-state index < -0.39 is 5.91 Å². The highest BCUT2D eigenvalue weighted by Gasteiger charge is 2.32. The maximum Gasteiger partial charge on any atom is 0.268 e. The Kier molecular flexibility index (Phi) is 3.11. The van der Waals surface area contributed by atoms with E-state index in [1.807, 2.05) is 18.2 Å². The molecule has 3 aromatic heterocycles. The first-order chi connectivity index (χ1) is 11.3. The molecule has 4 rings (SSSR count). The van der Waals surface area contributed by atoms with Gasteiger partial charge in [-0.25, -0.2) is 0 Å². The summed E-state index contributed by atoms with van der Waals surface area (Å²) in [6.07, 6.45) is 7.11. The van der Waals surface area contributed by atoms with Gasteiger partial charge in [-0.2, -0.15) is 0 Å². The number of pyridine rings is 2. The zero-order valence-electron chi connectivity index (χ0n) is 12.2. The van der Waals surface area contributed by atoms with Crippen LogP contribution < -0.4 is 5.73 Å². The van der Waals surface area contributed by atoms with Crippen molar-refractivity contribution >= 4 is 5.91 Å². The molecule has 1 fully saturated rings. The van der Waals surface area contributed by atoms with E-state index in [2.05, 4.69) is 25.1 Å². The Morgan fingerprint density at radius 2 is 2.09 bits per heavy atom. The zero-order chi connectivity index (χ0) is 15.8. The number of aromatic amines is 1.